The number of fused-ring (bicyclic) bond motifs is 1. The third-order valence-corrected chi connectivity index (χ3v) is 3.77. The summed E-state index contributed by atoms with van der Waals surface area (Å²) in [4.78, 5) is 8.70. The van der Waals surface area contributed by atoms with E-state index in [9.17, 15) is 0 Å². The second-order valence-corrected chi connectivity index (χ2v) is 5.44. The molecule has 0 atom stereocenters. The van der Waals surface area contributed by atoms with Crippen LogP contribution in [-0.4, -0.2) is 32.9 Å². The second kappa shape index (κ2) is 7.00. The molecule has 0 aliphatic heterocycles. The smallest absolute Gasteiger partial charge is 0.168 e. The summed E-state index contributed by atoms with van der Waals surface area (Å²) in [5.74, 6) is 1.61. The predicted molar refractivity (Wildman–Crippen MR) is 97.1 cm³/mol. The number of anilines is 1. The average Bonchev–Trinajstić information content (AvgIpc) is 3.12. The molecule has 0 bridgehead atoms. The second-order valence-electron chi connectivity index (χ2n) is 5.44. The number of nitrogens with one attached hydrogen (secondary N) is 1. The Hall–Kier alpha value is -3.41. The van der Waals surface area contributed by atoms with Crippen molar-refractivity contribution in [1.82, 2.24) is 19.7 Å². The molecule has 2 aromatic carbocycles. The Labute approximate surface area is 145 Å². The van der Waals surface area contributed by atoms with E-state index in [1.807, 2.05) is 65.3 Å². The lowest BCUT2D eigenvalue weighted by Crippen LogP contribution is -2.12. The average molecular weight is 331 g/mol. The van der Waals surface area contributed by atoms with Crippen LogP contribution in [0.25, 0.3) is 16.7 Å². The van der Waals surface area contributed by atoms with Gasteiger partial charge in [-0.1, -0.05) is 36.4 Å². The lowest BCUT2D eigenvalue weighted by molar-refractivity contribution is 0.333. The molecule has 0 unspecified atom stereocenters. The first-order chi connectivity index (χ1) is 12.4. The molecule has 0 aliphatic rings. The summed E-state index contributed by atoms with van der Waals surface area (Å²) in [6.45, 7) is 1.18. The van der Waals surface area contributed by atoms with E-state index in [2.05, 4.69) is 20.4 Å². The van der Waals surface area contributed by atoms with Crippen molar-refractivity contribution in [2.24, 2.45) is 0 Å². The number of para-hydroxylation sites is 2. The Morgan fingerprint density at radius 3 is 2.48 bits per heavy atom. The molecule has 0 fully saturated rings. The van der Waals surface area contributed by atoms with Gasteiger partial charge in [-0.3, -0.25) is 0 Å². The van der Waals surface area contributed by atoms with Crippen molar-refractivity contribution < 1.29 is 4.74 Å². The van der Waals surface area contributed by atoms with E-state index in [1.165, 1.54) is 0 Å². The number of hydrogen-bond donors (Lipinski definition) is 1. The predicted octanol–water partition coefficient (Wildman–Crippen LogP) is 3.31. The minimum Gasteiger partial charge on any atom is -0.492 e. The van der Waals surface area contributed by atoms with Gasteiger partial charge in [0.15, 0.2) is 5.65 Å². The molecular formula is C19H17N5O. The molecule has 2 aromatic heterocycles. The van der Waals surface area contributed by atoms with E-state index in [0.717, 1.165) is 28.3 Å². The maximum atomic E-state index is 5.69. The van der Waals surface area contributed by atoms with Crippen LogP contribution in [-0.2, 0) is 0 Å². The molecule has 0 saturated carbocycles. The molecule has 4 rings (SSSR count). The maximum Gasteiger partial charge on any atom is 0.168 e. The highest BCUT2D eigenvalue weighted by atomic mass is 16.5. The van der Waals surface area contributed by atoms with Crippen LogP contribution in [0, 0.1) is 0 Å². The van der Waals surface area contributed by atoms with Crippen LogP contribution in [0.5, 0.6) is 5.75 Å². The Balaban J connectivity index is 1.48. The van der Waals surface area contributed by atoms with Gasteiger partial charge in [0, 0.05) is 0 Å². The van der Waals surface area contributed by atoms with Crippen molar-refractivity contribution in [1.29, 1.82) is 0 Å². The molecule has 25 heavy (non-hydrogen) atoms. The molecule has 1 N–H and O–H groups in total. The van der Waals surface area contributed by atoms with Crippen LogP contribution in [0.4, 0.5) is 5.82 Å². The van der Waals surface area contributed by atoms with Crippen LogP contribution >= 0.6 is 0 Å². The maximum absolute atomic E-state index is 5.69. The summed E-state index contributed by atoms with van der Waals surface area (Å²) in [5, 5.41) is 8.62. The van der Waals surface area contributed by atoms with E-state index in [4.69, 9.17) is 4.74 Å². The molecule has 0 radical (unpaired) electrons. The van der Waals surface area contributed by atoms with Gasteiger partial charge >= 0.3 is 0 Å². The van der Waals surface area contributed by atoms with Crippen molar-refractivity contribution in [3.05, 3.63) is 73.2 Å². The van der Waals surface area contributed by atoms with Crippen molar-refractivity contribution in [3.63, 3.8) is 0 Å². The van der Waals surface area contributed by atoms with Crippen molar-refractivity contribution in [2.45, 2.75) is 0 Å². The van der Waals surface area contributed by atoms with Crippen molar-refractivity contribution in [3.8, 4) is 11.4 Å². The zero-order valence-electron chi connectivity index (χ0n) is 13.5. The van der Waals surface area contributed by atoms with Gasteiger partial charge in [-0.15, -0.1) is 0 Å². The van der Waals surface area contributed by atoms with Crippen molar-refractivity contribution >= 4 is 16.9 Å². The lowest BCUT2D eigenvalue weighted by Gasteiger charge is -2.08. The quantitative estimate of drug-likeness (QED) is 0.549. The zero-order valence-corrected chi connectivity index (χ0v) is 13.5. The van der Waals surface area contributed by atoms with Crippen molar-refractivity contribution in [2.75, 3.05) is 18.5 Å². The van der Waals surface area contributed by atoms with E-state index in [1.54, 1.807) is 12.5 Å². The molecular weight excluding hydrogens is 314 g/mol. The summed E-state index contributed by atoms with van der Waals surface area (Å²) >= 11 is 0. The SMILES string of the molecule is c1ccc(OCCNc2ncnc3c2cnn3-c2ccccc2)cc1. The molecule has 4 aromatic rings. The Morgan fingerprint density at radius 2 is 1.68 bits per heavy atom. The molecule has 0 saturated heterocycles. The van der Waals surface area contributed by atoms with Gasteiger partial charge in [0.2, 0.25) is 0 Å². The third kappa shape index (κ3) is 3.28. The molecule has 124 valence electrons. The van der Waals surface area contributed by atoms with E-state index >= 15 is 0 Å². The van der Waals surface area contributed by atoms with Crippen LogP contribution in [0.2, 0.25) is 0 Å². The van der Waals surface area contributed by atoms with Gasteiger partial charge in [-0.25, -0.2) is 14.6 Å². The summed E-state index contributed by atoms with van der Waals surface area (Å²) < 4.78 is 7.50. The molecule has 2 heterocycles. The highest BCUT2D eigenvalue weighted by molar-refractivity contribution is 5.87. The Kier molecular flexibility index (Phi) is 4.24. The summed E-state index contributed by atoms with van der Waals surface area (Å²) in [6, 6.07) is 19.7. The van der Waals surface area contributed by atoms with E-state index in [-0.39, 0.29) is 0 Å². The topological polar surface area (TPSA) is 64.9 Å². The van der Waals surface area contributed by atoms with Crippen LogP contribution in [0.15, 0.2) is 73.2 Å². The van der Waals surface area contributed by atoms with E-state index in [0.29, 0.717) is 13.2 Å². The first-order valence-electron chi connectivity index (χ1n) is 8.08. The Bertz CT molecular complexity index is 953. The van der Waals surface area contributed by atoms with E-state index < -0.39 is 0 Å². The highest BCUT2D eigenvalue weighted by Crippen LogP contribution is 2.21. The third-order valence-electron chi connectivity index (χ3n) is 3.77. The number of ether oxygens (including phenoxy) is 1. The van der Waals surface area contributed by atoms with Crippen LogP contribution in [0.3, 0.4) is 0 Å². The molecule has 6 nitrogen and oxygen atoms in total. The number of hydrogen-bond acceptors (Lipinski definition) is 5. The summed E-state index contributed by atoms with van der Waals surface area (Å²) in [6.07, 6.45) is 3.33. The minimum atomic E-state index is 0.544. The number of benzene rings is 2. The van der Waals surface area contributed by atoms with Crippen LogP contribution in [0.1, 0.15) is 0 Å². The fourth-order valence-corrected chi connectivity index (χ4v) is 2.60. The van der Waals surface area contributed by atoms with Gasteiger partial charge < -0.3 is 10.1 Å². The first kappa shape index (κ1) is 15.1. The monoisotopic (exact) mass is 331 g/mol. The van der Waals surface area contributed by atoms with Crippen LogP contribution < -0.4 is 10.1 Å². The lowest BCUT2D eigenvalue weighted by atomic mass is 10.3. The fraction of sp³-hybridized carbons (Fsp3) is 0.105. The number of aromatic nitrogens is 4. The first-order valence-corrected chi connectivity index (χ1v) is 8.08. The normalized spacial score (nSPS) is 10.7. The van der Waals surface area contributed by atoms with Gasteiger partial charge in [0.25, 0.3) is 0 Å². The van der Waals surface area contributed by atoms with Gasteiger partial charge in [0.1, 0.15) is 24.5 Å². The molecule has 0 amide bonds. The minimum absolute atomic E-state index is 0.544. The molecule has 0 aliphatic carbocycles. The summed E-state index contributed by atoms with van der Waals surface area (Å²) in [7, 11) is 0. The largest absolute Gasteiger partial charge is 0.492 e. The standard InChI is InChI=1S/C19H17N5O/c1-3-7-15(8-4-1)24-19-17(13-23-24)18(21-14-22-19)20-11-12-25-16-9-5-2-6-10-16/h1-10,13-14H,11-12H2,(H,20,21,22). The summed E-state index contributed by atoms with van der Waals surface area (Å²) in [5.41, 5.74) is 1.74. The highest BCUT2D eigenvalue weighted by Gasteiger charge is 2.10. The van der Waals surface area contributed by atoms with Gasteiger partial charge in [0.05, 0.1) is 23.8 Å². The number of rotatable bonds is 6. The van der Waals surface area contributed by atoms with Gasteiger partial charge in [-0.05, 0) is 24.3 Å². The molecule has 6 heteroatoms. The fourth-order valence-electron chi connectivity index (χ4n) is 2.60. The zero-order chi connectivity index (χ0) is 16.9. The number of nitrogens with zero attached hydrogens (tertiary/aromatic N) is 4. The molecule has 0 spiro atoms. The van der Waals surface area contributed by atoms with Gasteiger partial charge in [-0.2, -0.15) is 5.10 Å². The Morgan fingerprint density at radius 1 is 0.920 bits per heavy atom.